The summed E-state index contributed by atoms with van der Waals surface area (Å²) in [6, 6.07) is 23.7. The van der Waals surface area contributed by atoms with E-state index >= 15 is 0 Å². The molecule has 3 nitrogen and oxygen atoms in total. The molecule has 0 unspecified atom stereocenters. The molecular formula is C24H26N3+. The van der Waals surface area contributed by atoms with Crippen LogP contribution in [0.4, 0.5) is 5.82 Å². The van der Waals surface area contributed by atoms with Crippen LogP contribution >= 0.6 is 0 Å². The summed E-state index contributed by atoms with van der Waals surface area (Å²) in [5.41, 5.74) is 6.27. The van der Waals surface area contributed by atoms with Crippen LogP contribution in [0, 0.1) is 6.92 Å². The summed E-state index contributed by atoms with van der Waals surface area (Å²) in [4.78, 5) is 6.85. The molecule has 2 aromatic heterocycles. The highest BCUT2D eigenvalue weighted by Crippen LogP contribution is 2.34. The zero-order valence-corrected chi connectivity index (χ0v) is 16.1. The molecule has 27 heavy (non-hydrogen) atoms. The third-order valence-electron chi connectivity index (χ3n) is 5.18. The number of hydrogen-bond donors (Lipinski definition) is 2. The van der Waals surface area contributed by atoms with E-state index < -0.39 is 0 Å². The summed E-state index contributed by atoms with van der Waals surface area (Å²) in [6.07, 6.45) is 1.95. The molecule has 3 N–H and O–H groups in total. The van der Waals surface area contributed by atoms with Crippen molar-refractivity contribution in [3.63, 3.8) is 0 Å². The van der Waals surface area contributed by atoms with Gasteiger partial charge in [-0.2, -0.15) is 0 Å². The number of fused-ring (bicyclic) bond motifs is 1. The van der Waals surface area contributed by atoms with Gasteiger partial charge in [-0.3, -0.25) is 5.32 Å². The van der Waals surface area contributed by atoms with Crippen LogP contribution in [0.15, 0.2) is 72.9 Å². The van der Waals surface area contributed by atoms with Crippen LogP contribution < -0.4 is 10.3 Å². The maximum atomic E-state index is 3.70. The molecule has 0 bridgehead atoms. The van der Waals surface area contributed by atoms with Gasteiger partial charge in [-0.1, -0.05) is 62.4 Å². The van der Waals surface area contributed by atoms with Crippen LogP contribution in [0.5, 0.6) is 0 Å². The molecule has 1 atom stereocenters. The van der Waals surface area contributed by atoms with E-state index in [2.05, 4.69) is 90.7 Å². The minimum Gasteiger partial charge on any atom is -0.358 e. The van der Waals surface area contributed by atoms with Crippen LogP contribution in [-0.2, 0) is 0 Å². The molecule has 0 saturated carbocycles. The highest BCUT2D eigenvalue weighted by molar-refractivity contribution is 5.86. The maximum absolute atomic E-state index is 3.70. The van der Waals surface area contributed by atoms with E-state index in [4.69, 9.17) is 0 Å². The molecule has 0 saturated heterocycles. The topological polar surface area (TPSA) is 42.0 Å². The molecule has 0 radical (unpaired) electrons. The quantitative estimate of drug-likeness (QED) is 0.479. The lowest BCUT2D eigenvalue weighted by molar-refractivity contribution is -0.361. The minimum absolute atomic E-state index is 0.0565. The number of H-pyrrole nitrogens is 2. The summed E-state index contributed by atoms with van der Waals surface area (Å²) in [7, 11) is 0. The van der Waals surface area contributed by atoms with Crippen molar-refractivity contribution in [2.24, 2.45) is 0 Å². The molecule has 136 valence electrons. The van der Waals surface area contributed by atoms with E-state index in [0.29, 0.717) is 5.92 Å². The number of para-hydroxylation sites is 1. The predicted octanol–water partition coefficient (Wildman–Crippen LogP) is 5.62. The van der Waals surface area contributed by atoms with Gasteiger partial charge in [0.15, 0.2) is 0 Å². The van der Waals surface area contributed by atoms with Crippen LogP contribution in [0.2, 0.25) is 0 Å². The van der Waals surface area contributed by atoms with Crippen molar-refractivity contribution >= 4 is 16.7 Å². The van der Waals surface area contributed by atoms with Crippen molar-refractivity contribution in [2.45, 2.75) is 32.7 Å². The van der Waals surface area contributed by atoms with Crippen LogP contribution in [-0.4, -0.2) is 4.98 Å². The van der Waals surface area contributed by atoms with Gasteiger partial charge in [0.05, 0.1) is 6.20 Å². The zero-order valence-electron chi connectivity index (χ0n) is 16.1. The van der Waals surface area contributed by atoms with Crippen LogP contribution in [0.25, 0.3) is 10.9 Å². The van der Waals surface area contributed by atoms with E-state index in [0.717, 1.165) is 5.82 Å². The number of hydrogen-bond acceptors (Lipinski definition) is 1. The summed E-state index contributed by atoms with van der Waals surface area (Å²) in [6.45, 7) is 6.61. The average Bonchev–Trinajstić information content (AvgIpc) is 3.02. The fraction of sp³-hybridized carbons (Fsp3) is 0.208. The van der Waals surface area contributed by atoms with Gasteiger partial charge in [0.1, 0.15) is 6.04 Å². The smallest absolute Gasteiger partial charge is 0.272 e. The minimum atomic E-state index is 0.0565. The molecule has 4 aromatic rings. The zero-order chi connectivity index (χ0) is 18.8. The van der Waals surface area contributed by atoms with Gasteiger partial charge in [-0.05, 0) is 30.5 Å². The third kappa shape index (κ3) is 3.45. The van der Waals surface area contributed by atoms with Crippen molar-refractivity contribution in [3.8, 4) is 0 Å². The Kier molecular flexibility index (Phi) is 4.68. The Morgan fingerprint density at radius 3 is 2.26 bits per heavy atom. The summed E-state index contributed by atoms with van der Waals surface area (Å²) in [5, 5.41) is 4.96. The predicted molar refractivity (Wildman–Crippen MR) is 112 cm³/mol. The summed E-state index contributed by atoms with van der Waals surface area (Å²) in [5.74, 6) is 1.53. The first kappa shape index (κ1) is 17.3. The number of pyridine rings is 1. The molecule has 0 aliphatic rings. The molecule has 2 aromatic carbocycles. The standard InChI is InChI=1S/C24H25N3/c1-16(2)18-11-13-19(14-12-18)24(27-22-10-6-7-15-25-22)23-17(3)26-21-9-5-4-8-20(21)23/h4-16,24,26H,1-3H3,(H,25,27)/p+1/t24-/m1/s1. The molecule has 0 aliphatic heterocycles. The summed E-state index contributed by atoms with van der Waals surface area (Å²) >= 11 is 0. The molecule has 0 spiro atoms. The summed E-state index contributed by atoms with van der Waals surface area (Å²) < 4.78 is 0. The Bertz CT molecular complexity index is 1030. The monoisotopic (exact) mass is 356 g/mol. The molecule has 3 heteroatoms. The Labute approximate surface area is 160 Å². The third-order valence-corrected chi connectivity index (χ3v) is 5.18. The fourth-order valence-electron chi connectivity index (χ4n) is 3.70. The van der Waals surface area contributed by atoms with Gasteiger partial charge >= 0.3 is 0 Å². The molecule has 2 heterocycles. The number of aryl methyl sites for hydroxylation is 1. The van der Waals surface area contributed by atoms with Crippen molar-refractivity contribution in [3.05, 3.63) is 95.3 Å². The second-order valence-electron chi connectivity index (χ2n) is 7.38. The Morgan fingerprint density at radius 2 is 1.56 bits per heavy atom. The van der Waals surface area contributed by atoms with E-state index in [9.17, 15) is 0 Å². The Hall–Kier alpha value is -3.07. The van der Waals surface area contributed by atoms with Gasteiger partial charge in [0, 0.05) is 33.8 Å². The Balaban J connectivity index is 1.83. The van der Waals surface area contributed by atoms with E-state index in [1.165, 1.54) is 33.3 Å². The molecular weight excluding hydrogens is 330 g/mol. The first-order valence-electron chi connectivity index (χ1n) is 9.54. The van der Waals surface area contributed by atoms with Gasteiger partial charge in [0.2, 0.25) is 0 Å². The van der Waals surface area contributed by atoms with Crippen LogP contribution in [0.3, 0.4) is 0 Å². The lowest BCUT2D eigenvalue weighted by Crippen LogP contribution is -2.19. The highest BCUT2D eigenvalue weighted by atomic mass is 15.0. The second kappa shape index (κ2) is 7.28. The molecule has 0 amide bonds. The van der Waals surface area contributed by atoms with Gasteiger partial charge < -0.3 is 4.98 Å². The Morgan fingerprint density at radius 1 is 0.852 bits per heavy atom. The fourth-order valence-corrected chi connectivity index (χ4v) is 3.70. The van der Waals surface area contributed by atoms with Crippen molar-refractivity contribution in [1.82, 2.24) is 4.98 Å². The number of anilines is 1. The van der Waals surface area contributed by atoms with E-state index in [-0.39, 0.29) is 6.04 Å². The lowest BCUT2D eigenvalue weighted by atomic mass is 9.93. The van der Waals surface area contributed by atoms with Crippen LogP contribution in [0.1, 0.15) is 48.2 Å². The molecule has 4 rings (SSSR count). The van der Waals surface area contributed by atoms with Gasteiger partial charge in [0.25, 0.3) is 5.82 Å². The molecule has 0 fully saturated rings. The van der Waals surface area contributed by atoms with E-state index in [1.54, 1.807) is 0 Å². The first-order valence-corrected chi connectivity index (χ1v) is 9.54. The van der Waals surface area contributed by atoms with E-state index in [1.807, 2.05) is 18.3 Å². The number of aromatic nitrogens is 2. The highest BCUT2D eigenvalue weighted by Gasteiger charge is 2.25. The SMILES string of the molecule is Cc1[nH]c2ccccc2c1[C@H](Nc1cccc[nH+]1)c1ccc(C(C)C)cc1. The largest absolute Gasteiger partial charge is 0.358 e. The number of aromatic amines is 2. The van der Waals surface area contributed by atoms with Crippen molar-refractivity contribution < 1.29 is 4.98 Å². The number of rotatable bonds is 5. The lowest BCUT2D eigenvalue weighted by Gasteiger charge is -2.17. The first-order chi connectivity index (χ1) is 13.1. The maximum Gasteiger partial charge on any atom is 0.272 e. The average molecular weight is 356 g/mol. The molecule has 0 aliphatic carbocycles. The number of nitrogens with one attached hydrogen (secondary N) is 3. The van der Waals surface area contributed by atoms with Crippen molar-refractivity contribution in [1.29, 1.82) is 0 Å². The van der Waals surface area contributed by atoms with Crippen molar-refractivity contribution in [2.75, 3.05) is 5.32 Å². The second-order valence-corrected chi connectivity index (χ2v) is 7.38. The van der Waals surface area contributed by atoms with Gasteiger partial charge in [-0.25, -0.2) is 4.98 Å². The number of benzene rings is 2. The normalized spacial score (nSPS) is 12.4. The van der Waals surface area contributed by atoms with Gasteiger partial charge in [-0.15, -0.1) is 0 Å².